The van der Waals surface area contributed by atoms with Crippen LogP contribution in [0.15, 0.2) is 27.7 Å². The molecule has 0 N–H and O–H groups in total. The molecule has 0 amide bonds. The van der Waals surface area contributed by atoms with Crippen molar-refractivity contribution in [1.82, 2.24) is 0 Å². The average molecular weight is 264 g/mol. The molecule has 0 heterocycles. The van der Waals surface area contributed by atoms with Gasteiger partial charge in [-0.15, -0.1) is 0 Å². The van der Waals surface area contributed by atoms with Gasteiger partial charge in [-0.05, 0) is 42.5 Å². The number of hydrogen-bond donors (Lipinski definition) is 0. The molecule has 3 heteroatoms. The molecule has 2 aliphatic carbocycles. The van der Waals surface area contributed by atoms with Crippen molar-refractivity contribution in [2.24, 2.45) is 4.99 Å². The molecule has 0 saturated heterocycles. The van der Waals surface area contributed by atoms with Crippen molar-refractivity contribution in [3.63, 3.8) is 0 Å². The molecule has 0 bridgehead atoms. The van der Waals surface area contributed by atoms with Gasteiger partial charge in [-0.1, -0.05) is 22.0 Å². The maximum Gasteiger partial charge on any atom is 0.235 e. The molecular formula is C12H10BrNO. The predicted molar refractivity (Wildman–Crippen MR) is 60.7 cm³/mol. The van der Waals surface area contributed by atoms with Gasteiger partial charge in [-0.25, -0.2) is 9.79 Å². The molecule has 1 spiro atoms. The van der Waals surface area contributed by atoms with Crippen LogP contribution < -0.4 is 0 Å². The Morgan fingerprint density at radius 3 is 3.20 bits per heavy atom. The van der Waals surface area contributed by atoms with E-state index in [1.165, 1.54) is 11.1 Å². The fourth-order valence-corrected chi connectivity index (χ4v) is 3.16. The Hall–Kier alpha value is -0.920. The number of fused-ring (bicyclic) bond motifs is 2. The minimum Gasteiger partial charge on any atom is -0.211 e. The normalized spacial score (nSPS) is 31.1. The zero-order valence-electron chi connectivity index (χ0n) is 8.16. The van der Waals surface area contributed by atoms with Gasteiger partial charge in [0.25, 0.3) is 0 Å². The van der Waals surface area contributed by atoms with Gasteiger partial charge < -0.3 is 0 Å². The summed E-state index contributed by atoms with van der Waals surface area (Å²) in [5, 5.41) is 0. The van der Waals surface area contributed by atoms with Crippen molar-refractivity contribution < 1.29 is 4.79 Å². The van der Waals surface area contributed by atoms with E-state index in [0.29, 0.717) is 0 Å². The van der Waals surface area contributed by atoms with E-state index in [4.69, 9.17) is 0 Å². The molecular weight excluding hydrogens is 254 g/mol. The van der Waals surface area contributed by atoms with E-state index in [1.54, 1.807) is 6.08 Å². The van der Waals surface area contributed by atoms with Crippen LogP contribution >= 0.6 is 15.9 Å². The predicted octanol–water partition coefficient (Wildman–Crippen LogP) is 2.74. The first-order chi connectivity index (χ1) is 7.26. The van der Waals surface area contributed by atoms with Crippen LogP contribution in [0, 0.1) is 0 Å². The van der Waals surface area contributed by atoms with Crippen molar-refractivity contribution in [2.45, 2.75) is 30.7 Å². The first-order valence-electron chi connectivity index (χ1n) is 5.12. The SMILES string of the molecule is O=C=N[C@H]1C[C@]12CCc1ccc(Br)cc12. The minimum atomic E-state index is 0.177. The van der Waals surface area contributed by atoms with Gasteiger partial charge in [-0.3, -0.25) is 0 Å². The lowest BCUT2D eigenvalue weighted by Gasteiger charge is -2.08. The second kappa shape index (κ2) is 3.03. The highest BCUT2D eigenvalue weighted by atomic mass is 79.9. The fourth-order valence-electron chi connectivity index (χ4n) is 2.80. The van der Waals surface area contributed by atoms with Crippen molar-refractivity contribution in [3.8, 4) is 0 Å². The smallest absolute Gasteiger partial charge is 0.211 e. The van der Waals surface area contributed by atoms with E-state index < -0.39 is 0 Å². The third-order valence-electron chi connectivity index (χ3n) is 3.69. The van der Waals surface area contributed by atoms with E-state index in [-0.39, 0.29) is 11.5 Å². The van der Waals surface area contributed by atoms with Crippen LogP contribution in [0.3, 0.4) is 0 Å². The summed E-state index contributed by atoms with van der Waals surface area (Å²) in [5.74, 6) is 0. The summed E-state index contributed by atoms with van der Waals surface area (Å²) in [4.78, 5) is 14.2. The average Bonchev–Trinajstić information content (AvgIpc) is 2.79. The van der Waals surface area contributed by atoms with Crippen molar-refractivity contribution in [1.29, 1.82) is 0 Å². The molecule has 15 heavy (non-hydrogen) atoms. The van der Waals surface area contributed by atoms with Gasteiger partial charge in [0.15, 0.2) is 0 Å². The van der Waals surface area contributed by atoms with E-state index in [0.717, 1.165) is 23.7 Å². The molecule has 1 fully saturated rings. The Balaban J connectivity index is 2.06. The number of nitrogens with zero attached hydrogens (tertiary/aromatic N) is 1. The molecule has 2 nitrogen and oxygen atoms in total. The molecule has 1 aromatic rings. The Bertz CT molecular complexity index is 479. The Morgan fingerprint density at radius 1 is 1.53 bits per heavy atom. The zero-order chi connectivity index (χ0) is 10.5. The summed E-state index contributed by atoms with van der Waals surface area (Å²) in [6.07, 6.45) is 4.96. The summed E-state index contributed by atoms with van der Waals surface area (Å²) in [5.41, 5.74) is 2.99. The van der Waals surface area contributed by atoms with Crippen LogP contribution in [0.5, 0.6) is 0 Å². The third-order valence-corrected chi connectivity index (χ3v) is 4.19. The van der Waals surface area contributed by atoms with Crippen LogP contribution in [-0.4, -0.2) is 12.1 Å². The second-order valence-electron chi connectivity index (χ2n) is 4.40. The Kier molecular flexibility index (Phi) is 1.88. The topological polar surface area (TPSA) is 29.4 Å². The quantitative estimate of drug-likeness (QED) is 0.566. The van der Waals surface area contributed by atoms with Crippen molar-refractivity contribution >= 4 is 22.0 Å². The third kappa shape index (κ3) is 1.23. The lowest BCUT2D eigenvalue weighted by molar-refractivity contribution is 0.559. The second-order valence-corrected chi connectivity index (χ2v) is 5.31. The fraction of sp³-hybridized carbons (Fsp3) is 0.417. The summed E-state index contributed by atoms with van der Waals surface area (Å²) < 4.78 is 1.11. The van der Waals surface area contributed by atoms with Crippen molar-refractivity contribution in [3.05, 3.63) is 33.8 Å². The first-order valence-corrected chi connectivity index (χ1v) is 5.91. The first kappa shape index (κ1) is 9.32. The van der Waals surface area contributed by atoms with Crippen LogP contribution in [0.25, 0.3) is 0 Å². The van der Waals surface area contributed by atoms with Crippen LogP contribution in [0.4, 0.5) is 0 Å². The highest BCUT2D eigenvalue weighted by Crippen LogP contribution is 2.58. The van der Waals surface area contributed by atoms with Gasteiger partial charge in [0.1, 0.15) is 0 Å². The number of isocyanates is 1. The number of rotatable bonds is 1. The largest absolute Gasteiger partial charge is 0.235 e. The molecule has 2 atom stereocenters. The zero-order valence-corrected chi connectivity index (χ0v) is 9.75. The highest BCUT2D eigenvalue weighted by molar-refractivity contribution is 9.10. The molecule has 76 valence electrons. The van der Waals surface area contributed by atoms with Crippen LogP contribution in [-0.2, 0) is 16.6 Å². The molecule has 2 aliphatic rings. The van der Waals surface area contributed by atoms with Gasteiger partial charge in [0.2, 0.25) is 6.08 Å². The lowest BCUT2D eigenvalue weighted by atomic mass is 9.98. The summed E-state index contributed by atoms with van der Waals surface area (Å²) in [6, 6.07) is 6.63. The van der Waals surface area contributed by atoms with Gasteiger partial charge >= 0.3 is 0 Å². The molecule has 0 unspecified atom stereocenters. The maximum absolute atomic E-state index is 10.3. The van der Waals surface area contributed by atoms with E-state index in [2.05, 4.69) is 39.1 Å². The highest BCUT2D eigenvalue weighted by Gasteiger charge is 2.58. The van der Waals surface area contributed by atoms with Crippen molar-refractivity contribution in [2.75, 3.05) is 0 Å². The summed E-state index contributed by atoms with van der Waals surface area (Å²) in [7, 11) is 0. The summed E-state index contributed by atoms with van der Waals surface area (Å²) >= 11 is 3.50. The van der Waals surface area contributed by atoms with E-state index in [1.807, 2.05) is 0 Å². The minimum absolute atomic E-state index is 0.177. The lowest BCUT2D eigenvalue weighted by Crippen LogP contribution is -2.06. The molecule has 0 aromatic heterocycles. The van der Waals surface area contributed by atoms with Crippen LogP contribution in [0.1, 0.15) is 24.0 Å². The molecule has 0 radical (unpaired) electrons. The Labute approximate surface area is 96.5 Å². The number of halogens is 1. The van der Waals surface area contributed by atoms with Gasteiger partial charge in [0.05, 0.1) is 6.04 Å². The number of aryl methyl sites for hydroxylation is 1. The standard InChI is InChI=1S/C12H10BrNO/c13-9-2-1-8-3-4-12(10(8)5-9)6-11(12)14-7-15/h1-2,5,11H,3-4,6H2/t11-,12-/m0/s1. The number of benzene rings is 1. The van der Waals surface area contributed by atoms with Gasteiger partial charge in [0, 0.05) is 9.89 Å². The monoisotopic (exact) mass is 263 g/mol. The molecule has 0 aliphatic heterocycles. The molecule has 1 aromatic carbocycles. The number of hydrogen-bond acceptors (Lipinski definition) is 2. The molecule has 1 saturated carbocycles. The molecule has 3 rings (SSSR count). The number of aliphatic imine (C=N–C) groups is 1. The number of carbonyl (C=O) groups excluding carboxylic acids is 1. The van der Waals surface area contributed by atoms with E-state index in [9.17, 15) is 4.79 Å². The summed E-state index contributed by atoms with van der Waals surface area (Å²) in [6.45, 7) is 0. The maximum atomic E-state index is 10.3. The van der Waals surface area contributed by atoms with E-state index >= 15 is 0 Å². The Morgan fingerprint density at radius 2 is 2.40 bits per heavy atom. The van der Waals surface area contributed by atoms with Gasteiger partial charge in [-0.2, -0.15) is 0 Å². The van der Waals surface area contributed by atoms with Crippen LogP contribution in [0.2, 0.25) is 0 Å².